The van der Waals surface area contributed by atoms with Crippen molar-refractivity contribution in [1.82, 2.24) is 0 Å². The molecule has 0 atom stereocenters. The third-order valence-electron chi connectivity index (χ3n) is 2.99. The van der Waals surface area contributed by atoms with Gasteiger partial charge in [0, 0.05) is 17.2 Å². The minimum atomic E-state index is -1.11. The van der Waals surface area contributed by atoms with Crippen LogP contribution in [0.4, 0.5) is 14.5 Å². The molecule has 0 heterocycles. The van der Waals surface area contributed by atoms with Gasteiger partial charge in [0.15, 0.2) is 6.61 Å². The van der Waals surface area contributed by atoms with Crippen LogP contribution in [0.25, 0.3) is 0 Å². The van der Waals surface area contributed by atoms with Gasteiger partial charge in [-0.1, -0.05) is 23.2 Å². The smallest absolute Gasteiger partial charge is 0.340 e. The number of rotatable bonds is 5. The van der Waals surface area contributed by atoms with Crippen molar-refractivity contribution in [1.29, 1.82) is 0 Å². The molecule has 132 valence electrons. The maximum absolute atomic E-state index is 13.8. The van der Waals surface area contributed by atoms with Crippen molar-refractivity contribution in [3.8, 4) is 5.75 Å². The van der Waals surface area contributed by atoms with E-state index in [1.165, 1.54) is 12.1 Å². The summed E-state index contributed by atoms with van der Waals surface area (Å²) in [6, 6.07) is 5.74. The normalized spacial score (nSPS) is 10.3. The van der Waals surface area contributed by atoms with Gasteiger partial charge in [0.05, 0.1) is 23.4 Å². The molecule has 0 spiro atoms. The van der Waals surface area contributed by atoms with E-state index >= 15 is 0 Å². The van der Waals surface area contributed by atoms with Crippen molar-refractivity contribution >= 4 is 40.8 Å². The molecule has 25 heavy (non-hydrogen) atoms. The summed E-state index contributed by atoms with van der Waals surface area (Å²) in [4.78, 5) is 23.3. The van der Waals surface area contributed by atoms with E-state index in [0.717, 1.165) is 13.2 Å². The molecule has 0 aromatic heterocycles. The monoisotopic (exact) mass is 389 g/mol. The van der Waals surface area contributed by atoms with E-state index in [1.807, 2.05) is 0 Å². The molecule has 0 bridgehead atoms. The number of nitrogens with one attached hydrogen (secondary N) is 1. The predicted molar refractivity (Wildman–Crippen MR) is 88.3 cm³/mol. The first-order valence-electron chi connectivity index (χ1n) is 6.77. The largest absolute Gasteiger partial charge is 0.482 e. The molecule has 0 saturated heterocycles. The SMILES string of the molecule is COC(=O)c1cc(NC(=O)COc2cc(Cl)ccc2Cl)c(F)cc1F. The van der Waals surface area contributed by atoms with Crippen LogP contribution in [0.15, 0.2) is 30.3 Å². The van der Waals surface area contributed by atoms with Gasteiger partial charge in [-0.05, 0) is 18.2 Å². The van der Waals surface area contributed by atoms with Gasteiger partial charge in [-0.2, -0.15) is 0 Å². The van der Waals surface area contributed by atoms with E-state index in [-0.39, 0.29) is 10.8 Å². The van der Waals surface area contributed by atoms with E-state index in [0.29, 0.717) is 11.1 Å². The van der Waals surface area contributed by atoms with Crippen LogP contribution in [0.2, 0.25) is 10.0 Å². The molecular weight excluding hydrogens is 379 g/mol. The van der Waals surface area contributed by atoms with Gasteiger partial charge in [0.25, 0.3) is 5.91 Å². The number of amides is 1. The van der Waals surface area contributed by atoms with Gasteiger partial charge in [0.2, 0.25) is 0 Å². The Kier molecular flexibility index (Phi) is 6.17. The third-order valence-corrected chi connectivity index (χ3v) is 3.54. The van der Waals surface area contributed by atoms with E-state index < -0.39 is 41.4 Å². The lowest BCUT2D eigenvalue weighted by atomic mass is 10.1. The first kappa shape index (κ1) is 19.0. The molecular formula is C16H11Cl2F2NO4. The quantitative estimate of drug-likeness (QED) is 0.782. The lowest BCUT2D eigenvalue weighted by molar-refractivity contribution is -0.118. The summed E-state index contributed by atoms with van der Waals surface area (Å²) in [6.07, 6.45) is 0. The van der Waals surface area contributed by atoms with Gasteiger partial charge >= 0.3 is 5.97 Å². The molecule has 2 aromatic rings. The second-order valence-electron chi connectivity index (χ2n) is 4.72. The van der Waals surface area contributed by atoms with Crippen molar-refractivity contribution in [2.24, 2.45) is 0 Å². The fourth-order valence-electron chi connectivity index (χ4n) is 1.83. The standard InChI is InChI=1S/C16H11Cl2F2NO4/c1-24-16(23)9-5-13(12(20)6-11(9)19)21-15(22)7-25-14-4-8(17)2-3-10(14)18/h2-6H,7H2,1H3,(H,21,22). The van der Waals surface area contributed by atoms with Gasteiger partial charge in [-0.25, -0.2) is 13.6 Å². The number of hydrogen-bond donors (Lipinski definition) is 1. The number of carbonyl (C=O) groups is 2. The molecule has 9 heteroatoms. The number of anilines is 1. The number of halogens is 4. The zero-order chi connectivity index (χ0) is 18.6. The van der Waals surface area contributed by atoms with Crippen LogP contribution >= 0.6 is 23.2 Å². The average molecular weight is 390 g/mol. The fourth-order valence-corrected chi connectivity index (χ4v) is 2.16. The molecule has 1 N–H and O–H groups in total. The fraction of sp³-hybridized carbons (Fsp3) is 0.125. The molecule has 0 fully saturated rings. The number of esters is 1. The Bertz CT molecular complexity index is 830. The average Bonchev–Trinajstić information content (AvgIpc) is 2.57. The zero-order valence-electron chi connectivity index (χ0n) is 12.7. The van der Waals surface area contributed by atoms with E-state index in [1.54, 1.807) is 6.07 Å². The van der Waals surface area contributed by atoms with Crippen LogP contribution < -0.4 is 10.1 Å². The Morgan fingerprint density at radius 1 is 1.12 bits per heavy atom. The number of methoxy groups -OCH3 is 1. The molecule has 5 nitrogen and oxygen atoms in total. The van der Waals surface area contributed by atoms with Gasteiger partial charge in [0.1, 0.15) is 17.4 Å². The topological polar surface area (TPSA) is 64.6 Å². The molecule has 0 saturated carbocycles. The third kappa shape index (κ3) is 4.80. The summed E-state index contributed by atoms with van der Waals surface area (Å²) in [7, 11) is 1.05. The lowest BCUT2D eigenvalue weighted by Gasteiger charge is -2.11. The molecule has 2 aromatic carbocycles. The molecule has 2 rings (SSSR count). The maximum Gasteiger partial charge on any atom is 0.340 e. The van der Waals surface area contributed by atoms with Crippen molar-refractivity contribution in [2.75, 3.05) is 19.0 Å². The Morgan fingerprint density at radius 3 is 2.52 bits per heavy atom. The predicted octanol–water partition coefficient (Wildman–Crippen LogP) is 4.08. The Labute approximate surface area is 151 Å². The zero-order valence-corrected chi connectivity index (χ0v) is 14.3. The Hall–Kier alpha value is -2.38. The number of benzene rings is 2. The summed E-state index contributed by atoms with van der Waals surface area (Å²) in [5.74, 6) is -3.75. The van der Waals surface area contributed by atoms with Gasteiger partial charge < -0.3 is 14.8 Å². The highest BCUT2D eigenvalue weighted by atomic mass is 35.5. The highest BCUT2D eigenvalue weighted by molar-refractivity contribution is 6.34. The maximum atomic E-state index is 13.8. The Balaban J connectivity index is 2.10. The lowest BCUT2D eigenvalue weighted by Crippen LogP contribution is -2.21. The minimum Gasteiger partial charge on any atom is -0.482 e. The first-order chi connectivity index (χ1) is 11.8. The van der Waals surface area contributed by atoms with Crippen LogP contribution in [-0.4, -0.2) is 25.6 Å². The number of ether oxygens (including phenoxy) is 2. The van der Waals surface area contributed by atoms with Crippen molar-refractivity contribution in [3.05, 3.63) is 57.6 Å². The second kappa shape index (κ2) is 8.13. The summed E-state index contributed by atoms with van der Waals surface area (Å²) in [6.45, 7) is -0.509. The molecule has 0 radical (unpaired) electrons. The molecule has 0 aliphatic heterocycles. The van der Waals surface area contributed by atoms with Crippen molar-refractivity contribution in [3.63, 3.8) is 0 Å². The first-order valence-corrected chi connectivity index (χ1v) is 7.52. The highest BCUT2D eigenvalue weighted by Crippen LogP contribution is 2.27. The number of carbonyl (C=O) groups excluding carboxylic acids is 2. The van der Waals surface area contributed by atoms with Crippen LogP contribution in [0.1, 0.15) is 10.4 Å². The van der Waals surface area contributed by atoms with Gasteiger partial charge in [-0.3, -0.25) is 4.79 Å². The van der Waals surface area contributed by atoms with Gasteiger partial charge in [-0.15, -0.1) is 0 Å². The highest BCUT2D eigenvalue weighted by Gasteiger charge is 2.18. The van der Waals surface area contributed by atoms with E-state index in [2.05, 4.69) is 10.1 Å². The van der Waals surface area contributed by atoms with Crippen molar-refractivity contribution < 1.29 is 27.8 Å². The van der Waals surface area contributed by atoms with Crippen LogP contribution in [0, 0.1) is 11.6 Å². The number of hydrogen-bond acceptors (Lipinski definition) is 4. The van der Waals surface area contributed by atoms with E-state index in [4.69, 9.17) is 27.9 Å². The van der Waals surface area contributed by atoms with Crippen molar-refractivity contribution in [2.45, 2.75) is 0 Å². The molecule has 0 unspecified atom stereocenters. The molecule has 0 aliphatic rings. The van der Waals surface area contributed by atoms with Crippen LogP contribution in [0.5, 0.6) is 5.75 Å². The van der Waals surface area contributed by atoms with Crippen LogP contribution in [-0.2, 0) is 9.53 Å². The summed E-state index contributed by atoms with van der Waals surface area (Å²) in [5.41, 5.74) is -0.911. The van der Waals surface area contributed by atoms with E-state index in [9.17, 15) is 18.4 Å². The minimum absolute atomic E-state index is 0.166. The van der Waals surface area contributed by atoms with Crippen LogP contribution in [0.3, 0.4) is 0 Å². The molecule has 0 aliphatic carbocycles. The summed E-state index contributed by atoms with van der Waals surface area (Å²) in [5, 5.41) is 2.76. The Morgan fingerprint density at radius 2 is 1.84 bits per heavy atom. The molecule has 1 amide bonds. The second-order valence-corrected chi connectivity index (χ2v) is 5.56. The summed E-state index contributed by atoms with van der Waals surface area (Å²) < 4.78 is 36.9. The summed E-state index contributed by atoms with van der Waals surface area (Å²) >= 11 is 11.7.